The molecule has 1 aromatic rings. The zero-order chi connectivity index (χ0) is 15.0. The predicted octanol–water partition coefficient (Wildman–Crippen LogP) is 0.921. The summed E-state index contributed by atoms with van der Waals surface area (Å²) in [6.07, 6.45) is 3.98. The Labute approximate surface area is 118 Å². The molecule has 1 fully saturated rings. The highest BCUT2D eigenvalue weighted by Gasteiger charge is 2.41. The highest BCUT2D eigenvalue weighted by Crippen LogP contribution is 2.35. The second kappa shape index (κ2) is 5.17. The second-order valence-electron chi connectivity index (χ2n) is 5.66. The summed E-state index contributed by atoms with van der Waals surface area (Å²) in [7, 11) is -3.59. The molecule has 1 saturated heterocycles. The monoisotopic (exact) mass is 301 g/mol. The van der Waals surface area contributed by atoms with Crippen LogP contribution < -0.4 is 0 Å². The van der Waals surface area contributed by atoms with Gasteiger partial charge in [0, 0.05) is 19.3 Å². The van der Waals surface area contributed by atoms with E-state index in [-0.39, 0.29) is 17.4 Å². The first-order valence-corrected chi connectivity index (χ1v) is 7.92. The molecule has 8 heteroatoms. The summed E-state index contributed by atoms with van der Waals surface area (Å²) >= 11 is 0. The number of nitrogens with one attached hydrogen (secondary N) is 1. The van der Waals surface area contributed by atoms with Gasteiger partial charge in [0.1, 0.15) is 4.90 Å². The van der Waals surface area contributed by atoms with Crippen molar-refractivity contribution in [2.24, 2.45) is 11.3 Å². The maximum atomic E-state index is 12.4. The average molecular weight is 301 g/mol. The van der Waals surface area contributed by atoms with E-state index in [4.69, 9.17) is 0 Å². The fourth-order valence-corrected chi connectivity index (χ4v) is 3.88. The lowest BCUT2D eigenvalue weighted by Crippen LogP contribution is -2.46. The number of H-pyrrole nitrogens is 1. The molecule has 0 spiro atoms. The van der Waals surface area contributed by atoms with E-state index in [9.17, 15) is 18.3 Å². The van der Waals surface area contributed by atoms with Gasteiger partial charge in [0.15, 0.2) is 0 Å². The minimum Gasteiger partial charge on any atom is -0.481 e. The van der Waals surface area contributed by atoms with Crippen LogP contribution in [0.3, 0.4) is 0 Å². The predicted molar refractivity (Wildman–Crippen MR) is 71.5 cm³/mol. The van der Waals surface area contributed by atoms with Gasteiger partial charge in [0.25, 0.3) is 0 Å². The first-order chi connectivity index (χ1) is 9.26. The molecular formula is C12H19N3O4S. The molecule has 2 N–H and O–H groups in total. The highest BCUT2D eigenvalue weighted by atomic mass is 32.2. The fraction of sp³-hybridized carbons (Fsp3) is 0.667. The minimum absolute atomic E-state index is 0.117. The lowest BCUT2D eigenvalue weighted by molar-refractivity contribution is -0.151. The van der Waals surface area contributed by atoms with Crippen LogP contribution in [0.1, 0.15) is 26.7 Å². The summed E-state index contributed by atoms with van der Waals surface area (Å²) in [5.41, 5.74) is -0.940. The van der Waals surface area contributed by atoms with Crippen molar-refractivity contribution in [3.05, 3.63) is 12.4 Å². The lowest BCUT2D eigenvalue weighted by Gasteiger charge is -2.38. The van der Waals surface area contributed by atoms with E-state index in [0.717, 1.165) is 6.42 Å². The molecule has 112 valence electrons. The van der Waals surface area contributed by atoms with Crippen molar-refractivity contribution in [3.8, 4) is 0 Å². The molecule has 20 heavy (non-hydrogen) atoms. The Morgan fingerprint density at radius 2 is 2.25 bits per heavy atom. The van der Waals surface area contributed by atoms with Crippen molar-refractivity contribution in [2.75, 3.05) is 13.1 Å². The summed E-state index contributed by atoms with van der Waals surface area (Å²) in [5.74, 6) is -1.10. The molecule has 7 nitrogen and oxygen atoms in total. The van der Waals surface area contributed by atoms with Crippen LogP contribution in [0.2, 0.25) is 0 Å². The standard InChI is InChI=1S/C12H19N3O4S/c1-12(2,11(16)17)9-4-3-5-15(8-9)20(18,19)10-6-13-14-7-10/h6-7,9H,3-5,8H2,1-2H3,(H,13,14)(H,16,17). The van der Waals surface area contributed by atoms with Gasteiger partial charge in [-0.25, -0.2) is 8.42 Å². The van der Waals surface area contributed by atoms with Gasteiger partial charge in [-0.3, -0.25) is 9.89 Å². The quantitative estimate of drug-likeness (QED) is 0.860. The van der Waals surface area contributed by atoms with Crippen LogP contribution in [0, 0.1) is 11.3 Å². The van der Waals surface area contributed by atoms with E-state index >= 15 is 0 Å². The number of aliphatic carboxylic acids is 1. The SMILES string of the molecule is CC(C)(C(=O)O)C1CCCN(S(=O)(=O)c2cn[nH]c2)C1. The molecule has 1 unspecified atom stereocenters. The van der Waals surface area contributed by atoms with E-state index in [1.807, 2.05) is 0 Å². The largest absolute Gasteiger partial charge is 0.481 e. The van der Waals surface area contributed by atoms with Crippen molar-refractivity contribution in [1.29, 1.82) is 0 Å². The molecular weight excluding hydrogens is 282 g/mol. The Morgan fingerprint density at radius 1 is 1.55 bits per heavy atom. The number of carboxylic acids is 1. The first-order valence-electron chi connectivity index (χ1n) is 6.48. The van der Waals surface area contributed by atoms with Crippen molar-refractivity contribution in [2.45, 2.75) is 31.6 Å². The third-order valence-corrected chi connectivity index (χ3v) is 5.90. The smallest absolute Gasteiger partial charge is 0.309 e. The molecule has 0 aliphatic carbocycles. The summed E-state index contributed by atoms with van der Waals surface area (Å²) < 4.78 is 26.2. The number of nitrogens with zero attached hydrogens (tertiary/aromatic N) is 2. The molecule has 1 aliphatic heterocycles. The van der Waals surface area contributed by atoms with Crippen LogP contribution >= 0.6 is 0 Å². The molecule has 0 aromatic carbocycles. The van der Waals surface area contributed by atoms with Crippen LogP contribution in [0.25, 0.3) is 0 Å². The van der Waals surface area contributed by atoms with Gasteiger partial charge in [-0.05, 0) is 32.6 Å². The van der Waals surface area contributed by atoms with Gasteiger partial charge < -0.3 is 5.11 Å². The minimum atomic E-state index is -3.59. The lowest BCUT2D eigenvalue weighted by atomic mass is 9.75. The van der Waals surface area contributed by atoms with E-state index in [0.29, 0.717) is 13.0 Å². The zero-order valence-corrected chi connectivity index (χ0v) is 12.4. The average Bonchev–Trinajstić information content (AvgIpc) is 2.93. The van der Waals surface area contributed by atoms with E-state index in [2.05, 4.69) is 10.2 Å². The maximum Gasteiger partial charge on any atom is 0.309 e. The maximum absolute atomic E-state index is 12.4. The van der Waals surface area contributed by atoms with Gasteiger partial charge in [-0.2, -0.15) is 9.40 Å². The van der Waals surface area contributed by atoms with Crippen molar-refractivity contribution >= 4 is 16.0 Å². The van der Waals surface area contributed by atoms with E-state index in [1.165, 1.54) is 16.7 Å². The number of sulfonamides is 1. The van der Waals surface area contributed by atoms with E-state index < -0.39 is 21.4 Å². The van der Waals surface area contributed by atoms with Crippen LogP contribution in [0.15, 0.2) is 17.3 Å². The Kier molecular flexibility index (Phi) is 3.88. The normalized spacial score (nSPS) is 21.8. The number of carboxylic acid groups (broad SMARTS) is 1. The van der Waals surface area contributed by atoms with Gasteiger partial charge in [-0.15, -0.1) is 0 Å². The summed E-state index contributed by atoms with van der Waals surface area (Å²) in [5, 5.41) is 15.4. The van der Waals surface area contributed by atoms with Crippen LogP contribution in [0.4, 0.5) is 0 Å². The fourth-order valence-electron chi connectivity index (χ4n) is 2.45. The third kappa shape index (κ3) is 2.57. The Balaban J connectivity index is 2.22. The Morgan fingerprint density at radius 3 is 2.80 bits per heavy atom. The van der Waals surface area contributed by atoms with Crippen molar-refractivity contribution in [1.82, 2.24) is 14.5 Å². The van der Waals surface area contributed by atoms with Crippen LogP contribution in [-0.2, 0) is 14.8 Å². The number of piperidine rings is 1. The Bertz CT molecular complexity index is 580. The second-order valence-corrected chi connectivity index (χ2v) is 7.60. The number of hydrogen-bond acceptors (Lipinski definition) is 4. The van der Waals surface area contributed by atoms with Crippen LogP contribution in [-0.4, -0.2) is 47.1 Å². The van der Waals surface area contributed by atoms with Crippen molar-refractivity contribution in [3.63, 3.8) is 0 Å². The molecule has 2 heterocycles. The third-order valence-electron chi connectivity index (χ3n) is 4.07. The molecule has 0 radical (unpaired) electrons. The topological polar surface area (TPSA) is 103 Å². The zero-order valence-electron chi connectivity index (χ0n) is 11.5. The number of aromatic nitrogens is 2. The summed E-state index contributed by atoms with van der Waals surface area (Å²) in [4.78, 5) is 11.4. The molecule has 2 rings (SSSR count). The van der Waals surface area contributed by atoms with Gasteiger partial charge in [0.2, 0.25) is 10.0 Å². The summed E-state index contributed by atoms with van der Waals surface area (Å²) in [6, 6.07) is 0. The number of rotatable bonds is 4. The number of aromatic amines is 1. The molecule has 0 saturated carbocycles. The molecule has 0 bridgehead atoms. The van der Waals surface area contributed by atoms with Crippen molar-refractivity contribution < 1.29 is 18.3 Å². The molecule has 1 atom stereocenters. The molecule has 1 aromatic heterocycles. The van der Waals surface area contributed by atoms with E-state index in [1.54, 1.807) is 13.8 Å². The molecule has 0 amide bonds. The van der Waals surface area contributed by atoms with Gasteiger partial charge in [-0.1, -0.05) is 0 Å². The number of carbonyl (C=O) groups is 1. The van der Waals surface area contributed by atoms with Gasteiger partial charge in [0.05, 0.1) is 11.6 Å². The van der Waals surface area contributed by atoms with Crippen LogP contribution in [0.5, 0.6) is 0 Å². The first kappa shape index (κ1) is 15.0. The molecule has 1 aliphatic rings. The Hall–Kier alpha value is -1.41. The van der Waals surface area contributed by atoms with Gasteiger partial charge >= 0.3 is 5.97 Å². The highest BCUT2D eigenvalue weighted by molar-refractivity contribution is 7.89. The summed E-state index contributed by atoms with van der Waals surface area (Å²) in [6.45, 7) is 3.94. The number of hydrogen-bond donors (Lipinski definition) is 2.